The molecular formula is C44H18F10N6O4. The van der Waals surface area contributed by atoms with E-state index in [1.54, 1.807) is 0 Å². The van der Waals surface area contributed by atoms with E-state index in [4.69, 9.17) is 0 Å². The Balaban J connectivity index is 1.51. The van der Waals surface area contributed by atoms with Gasteiger partial charge in [0, 0.05) is 74.4 Å². The third kappa shape index (κ3) is 6.28. The molecule has 318 valence electrons. The van der Waals surface area contributed by atoms with Crippen LogP contribution in [0, 0.1) is 78.4 Å². The van der Waals surface area contributed by atoms with Crippen LogP contribution in [-0.4, -0.2) is 31.7 Å². The average molecular weight is 885 g/mol. The number of fused-ring (bicyclic) bond motifs is 6. The fourth-order valence-corrected chi connectivity index (χ4v) is 7.68. The topological polar surface area (TPSA) is 143 Å². The first-order chi connectivity index (χ1) is 30.6. The maximum absolute atomic E-state index is 15.9. The van der Waals surface area contributed by atoms with Crippen molar-refractivity contribution < 1.29 is 53.8 Å². The number of benzene rings is 4. The fraction of sp³-hybridized carbons (Fsp3) is 0. The third-order valence-electron chi connectivity index (χ3n) is 10.5. The summed E-state index contributed by atoms with van der Waals surface area (Å²) in [6.45, 7) is 0. The van der Waals surface area contributed by atoms with Crippen LogP contribution in [0.25, 0.3) is 22.3 Å². The van der Waals surface area contributed by atoms with Crippen molar-refractivity contribution in [1.82, 2.24) is 9.97 Å². The van der Waals surface area contributed by atoms with Gasteiger partial charge in [0.1, 0.15) is 0 Å². The third-order valence-corrected chi connectivity index (χ3v) is 10.5. The van der Waals surface area contributed by atoms with Crippen molar-refractivity contribution >= 4 is 45.6 Å². The summed E-state index contributed by atoms with van der Waals surface area (Å²) < 4.78 is 152. The van der Waals surface area contributed by atoms with Crippen molar-refractivity contribution in [2.45, 2.75) is 0 Å². The molecule has 64 heavy (non-hydrogen) atoms. The van der Waals surface area contributed by atoms with Crippen LogP contribution in [-0.2, 0) is 0 Å². The van der Waals surface area contributed by atoms with Crippen molar-refractivity contribution in [2.75, 3.05) is 0 Å². The number of halogens is 10. The Morgan fingerprint density at radius 3 is 1.56 bits per heavy atom. The van der Waals surface area contributed by atoms with Gasteiger partial charge in [0.25, 0.3) is 11.4 Å². The molecule has 0 aliphatic carbocycles. The minimum atomic E-state index is -2.47. The largest absolute Gasteiger partial charge is 0.360 e. The van der Waals surface area contributed by atoms with Crippen molar-refractivity contribution in [2.24, 2.45) is 9.98 Å². The molecule has 0 radical (unpaired) electrons. The Morgan fingerprint density at radius 1 is 0.531 bits per heavy atom. The number of rotatable bonds is 6. The van der Waals surface area contributed by atoms with E-state index in [-0.39, 0.29) is 44.5 Å². The SMILES string of the molecule is O=[N+]([O-])c1ccccc1C1=C2C=CC(=N2)C(c2c(F)c(F)c(F)c(F)c2F)=c2ccc([nH]2)=C(c2ccccc2[N+](=O)[O-])C2=CC(=C(c3c(F)c(F)c(F)c(F)c3F)c3cc1c[nH]3)N=C2. The number of nitro benzene ring substituents is 2. The molecule has 9 rings (SSSR count). The smallest absolute Gasteiger partial charge is 0.277 e. The lowest BCUT2D eigenvalue weighted by atomic mass is 9.93. The molecule has 6 aromatic rings. The van der Waals surface area contributed by atoms with E-state index in [1.807, 2.05) is 0 Å². The monoisotopic (exact) mass is 884 g/mol. The molecular weight excluding hydrogens is 867 g/mol. The molecule has 0 atom stereocenters. The maximum Gasteiger partial charge on any atom is 0.277 e. The van der Waals surface area contributed by atoms with Gasteiger partial charge in [0.15, 0.2) is 46.5 Å². The Bertz CT molecular complexity index is 3410. The van der Waals surface area contributed by atoms with Crippen LogP contribution in [0.3, 0.4) is 0 Å². The van der Waals surface area contributed by atoms with Gasteiger partial charge in [-0.2, -0.15) is 0 Å². The van der Waals surface area contributed by atoms with Gasteiger partial charge >= 0.3 is 0 Å². The Hall–Kier alpha value is -8.42. The molecule has 0 unspecified atom stereocenters. The number of nitro groups is 2. The number of hydrogen-bond acceptors (Lipinski definition) is 6. The number of H-pyrrole nitrogens is 2. The van der Waals surface area contributed by atoms with Gasteiger partial charge in [0.05, 0.1) is 49.2 Å². The van der Waals surface area contributed by atoms with E-state index < -0.39 is 124 Å². The maximum atomic E-state index is 15.9. The molecule has 2 aromatic heterocycles. The molecule has 3 aliphatic rings. The zero-order valence-corrected chi connectivity index (χ0v) is 31.4. The molecule has 20 heteroatoms. The number of aromatic nitrogens is 2. The molecule has 8 bridgehead atoms. The standard InChI is InChI=1S/C44H18F10N6O4/c45-35-33(36(46)40(50)43(53)39(35)49)31-23-11-9-21(57-23)29(19-5-1-3-7-27(19)59(61)62)17-13-25(55-15-17)32(34-37(47)41(51)44(54)42(52)38(34)48)26-14-18(16-56-26)30(22-10-12-24(31)58-22)20-6-2-4-8-28(20)60(63)64/h1-16,55,58H. The van der Waals surface area contributed by atoms with Crippen LogP contribution >= 0.6 is 0 Å². The molecule has 0 saturated heterocycles. The van der Waals surface area contributed by atoms with E-state index >= 15 is 26.3 Å². The summed E-state index contributed by atoms with van der Waals surface area (Å²) in [7, 11) is 0. The Labute approximate surface area is 349 Å². The number of nitrogens with zero attached hydrogens (tertiary/aromatic N) is 4. The molecule has 0 amide bonds. The second-order valence-corrected chi connectivity index (χ2v) is 14.0. The van der Waals surface area contributed by atoms with Crippen molar-refractivity contribution in [3.8, 4) is 0 Å². The van der Waals surface area contributed by atoms with Gasteiger partial charge in [-0.1, -0.05) is 24.3 Å². The van der Waals surface area contributed by atoms with Gasteiger partial charge in [-0.25, -0.2) is 48.9 Å². The molecule has 3 aliphatic heterocycles. The number of aromatic amines is 2. The number of para-hydroxylation sites is 2. The predicted octanol–water partition coefficient (Wildman–Crippen LogP) is 9.20. The first kappa shape index (κ1) is 41.0. The van der Waals surface area contributed by atoms with E-state index in [1.165, 1.54) is 48.5 Å². The summed E-state index contributed by atoms with van der Waals surface area (Å²) in [5.41, 5.74) is -8.10. The highest BCUT2D eigenvalue weighted by Crippen LogP contribution is 2.42. The molecule has 4 aromatic carbocycles. The van der Waals surface area contributed by atoms with E-state index in [9.17, 15) is 37.8 Å². The highest BCUT2D eigenvalue weighted by molar-refractivity contribution is 6.30. The van der Waals surface area contributed by atoms with Gasteiger partial charge < -0.3 is 9.97 Å². The average Bonchev–Trinajstić information content (AvgIpc) is 4.14. The fourth-order valence-electron chi connectivity index (χ4n) is 7.68. The van der Waals surface area contributed by atoms with E-state index in [0.717, 1.165) is 48.8 Å². The molecule has 5 heterocycles. The zero-order valence-electron chi connectivity index (χ0n) is 31.4. The van der Waals surface area contributed by atoms with Gasteiger partial charge in [-0.05, 0) is 48.6 Å². The summed E-state index contributed by atoms with van der Waals surface area (Å²) >= 11 is 0. The molecule has 0 fully saturated rings. The van der Waals surface area contributed by atoms with E-state index in [2.05, 4.69) is 20.0 Å². The number of hydrogen-bond donors (Lipinski definition) is 2. The summed E-state index contributed by atoms with van der Waals surface area (Å²) in [5.74, 6) is -23.3. The van der Waals surface area contributed by atoms with Crippen LogP contribution in [0.2, 0.25) is 0 Å². The van der Waals surface area contributed by atoms with Crippen LogP contribution in [0.15, 0.2) is 118 Å². The lowest BCUT2D eigenvalue weighted by Crippen LogP contribution is -2.22. The summed E-state index contributed by atoms with van der Waals surface area (Å²) in [6, 6.07) is 13.5. The second kappa shape index (κ2) is 15.2. The van der Waals surface area contributed by atoms with Crippen molar-refractivity contribution in [1.29, 1.82) is 0 Å². The van der Waals surface area contributed by atoms with Crippen molar-refractivity contribution in [3.63, 3.8) is 0 Å². The lowest BCUT2D eigenvalue weighted by Gasteiger charge is -2.13. The minimum Gasteiger partial charge on any atom is -0.360 e. The Kier molecular flexibility index (Phi) is 9.72. The summed E-state index contributed by atoms with van der Waals surface area (Å²) in [5, 5.41) is 24.2. The van der Waals surface area contributed by atoms with Gasteiger partial charge in [-0.15, -0.1) is 0 Å². The van der Waals surface area contributed by atoms with Crippen LogP contribution < -0.4 is 10.7 Å². The van der Waals surface area contributed by atoms with Gasteiger partial charge in [0.2, 0.25) is 11.6 Å². The first-order valence-electron chi connectivity index (χ1n) is 18.2. The lowest BCUT2D eigenvalue weighted by molar-refractivity contribution is -0.385. The summed E-state index contributed by atoms with van der Waals surface area (Å²) in [6.07, 6.45) is 5.50. The number of nitrogens with one attached hydrogen (secondary N) is 2. The second-order valence-electron chi connectivity index (χ2n) is 14.0. The summed E-state index contributed by atoms with van der Waals surface area (Å²) in [4.78, 5) is 37.4. The molecule has 0 spiro atoms. The predicted molar refractivity (Wildman–Crippen MR) is 210 cm³/mol. The Morgan fingerprint density at radius 2 is 1.02 bits per heavy atom. The first-order valence-corrected chi connectivity index (χ1v) is 18.2. The van der Waals surface area contributed by atoms with Crippen molar-refractivity contribution in [3.05, 3.63) is 231 Å². The molecule has 0 saturated carbocycles. The number of aliphatic imine (C=N–C) groups is 2. The van der Waals surface area contributed by atoms with Crippen LogP contribution in [0.4, 0.5) is 55.3 Å². The highest BCUT2D eigenvalue weighted by Gasteiger charge is 2.35. The quantitative estimate of drug-likeness (QED) is 0.0566. The number of allylic oxidation sites excluding steroid dienone is 4. The van der Waals surface area contributed by atoms with Crippen LogP contribution in [0.1, 0.15) is 33.5 Å². The van der Waals surface area contributed by atoms with Gasteiger partial charge in [-0.3, -0.25) is 25.2 Å². The highest BCUT2D eigenvalue weighted by atomic mass is 19.2. The van der Waals surface area contributed by atoms with Crippen LogP contribution in [0.5, 0.6) is 0 Å². The molecule has 2 N–H and O–H groups in total. The zero-order chi connectivity index (χ0) is 45.5. The molecule has 10 nitrogen and oxygen atoms in total. The normalized spacial score (nSPS) is 14.5. The van der Waals surface area contributed by atoms with E-state index in [0.29, 0.717) is 0 Å². The minimum absolute atomic E-state index is 0.110.